The van der Waals surface area contributed by atoms with Crippen LogP contribution in [-0.2, 0) is 0 Å². The van der Waals surface area contributed by atoms with Crippen molar-refractivity contribution in [3.8, 4) is 0 Å². The Labute approximate surface area is 76.6 Å². The molecule has 0 fully saturated rings. The van der Waals surface area contributed by atoms with Gasteiger partial charge in [0.1, 0.15) is 0 Å². The lowest BCUT2D eigenvalue weighted by Gasteiger charge is -2.13. The van der Waals surface area contributed by atoms with Crippen LogP contribution in [0.15, 0.2) is 6.07 Å². The number of hydrogen-bond donors (Lipinski definition) is 1. The molecule has 0 aliphatic rings. The average Bonchev–Trinajstić information content (AvgIpc) is 2.01. The largest absolute Gasteiger partial charge is 0.398 e. The van der Waals surface area contributed by atoms with Crippen molar-refractivity contribution in [2.75, 3.05) is 5.73 Å². The van der Waals surface area contributed by atoms with Crippen LogP contribution < -0.4 is 5.73 Å². The minimum Gasteiger partial charge on any atom is -0.398 e. The second-order valence-corrected chi connectivity index (χ2v) is 3.47. The normalized spacial score (nSPS) is 10.9. The predicted octanol–water partition coefficient (Wildman–Crippen LogP) is 2.98. The monoisotopic (exact) mass is 185 g/mol. The molecule has 1 aromatic carbocycles. The fraction of sp³-hybridized carbons (Fsp3) is 0.400. The number of aryl methyl sites for hydroxylation is 1. The van der Waals surface area contributed by atoms with Crippen molar-refractivity contribution < 1.29 is 8.78 Å². The van der Waals surface area contributed by atoms with Gasteiger partial charge in [-0.1, -0.05) is 13.8 Å². The molecule has 0 aliphatic heterocycles. The van der Waals surface area contributed by atoms with Crippen molar-refractivity contribution in [2.24, 2.45) is 0 Å². The number of nitrogen functional groups attached to an aromatic ring is 1. The lowest BCUT2D eigenvalue weighted by molar-refractivity contribution is 0.494. The highest BCUT2D eigenvalue weighted by molar-refractivity contribution is 5.55. The van der Waals surface area contributed by atoms with E-state index in [1.54, 1.807) is 20.8 Å². The van der Waals surface area contributed by atoms with Gasteiger partial charge in [0, 0.05) is 11.3 Å². The van der Waals surface area contributed by atoms with Gasteiger partial charge in [-0.05, 0) is 24.5 Å². The van der Waals surface area contributed by atoms with Crippen molar-refractivity contribution in [1.82, 2.24) is 0 Å². The first-order valence-corrected chi connectivity index (χ1v) is 4.19. The molecule has 0 amide bonds. The Kier molecular flexibility index (Phi) is 2.55. The van der Waals surface area contributed by atoms with Gasteiger partial charge in [0.05, 0.1) is 0 Å². The molecular weight excluding hydrogens is 172 g/mol. The van der Waals surface area contributed by atoms with Crippen LogP contribution in [0.3, 0.4) is 0 Å². The summed E-state index contributed by atoms with van der Waals surface area (Å²) in [6.07, 6.45) is 0. The quantitative estimate of drug-likeness (QED) is 0.669. The highest BCUT2D eigenvalue weighted by atomic mass is 19.2. The molecule has 0 saturated heterocycles. The van der Waals surface area contributed by atoms with Gasteiger partial charge in [0.2, 0.25) is 0 Å². The summed E-state index contributed by atoms with van der Waals surface area (Å²) >= 11 is 0. The second kappa shape index (κ2) is 3.32. The molecule has 2 N–H and O–H groups in total. The maximum Gasteiger partial charge on any atom is 0.164 e. The molecule has 0 aromatic heterocycles. The fourth-order valence-corrected chi connectivity index (χ4v) is 1.35. The summed E-state index contributed by atoms with van der Waals surface area (Å²) in [7, 11) is 0. The zero-order valence-electron chi connectivity index (χ0n) is 7.99. The van der Waals surface area contributed by atoms with E-state index in [4.69, 9.17) is 5.73 Å². The summed E-state index contributed by atoms with van der Waals surface area (Å²) in [5.74, 6) is -1.75. The highest BCUT2D eigenvalue weighted by Crippen LogP contribution is 2.29. The molecule has 13 heavy (non-hydrogen) atoms. The summed E-state index contributed by atoms with van der Waals surface area (Å²) in [6, 6.07) is 1.12. The maximum absolute atomic E-state index is 13.2. The lowest BCUT2D eigenvalue weighted by atomic mass is 9.97. The topological polar surface area (TPSA) is 26.0 Å². The summed E-state index contributed by atoms with van der Waals surface area (Å²) in [5, 5.41) is 0. The van der Waals surface area contributed by atoms with Crippen LogP contribution in [0.25, 0.3) is 0 Å². The third kappa shape index (κ3) is 1.64. The van der Waals surface area contributed by atoms with E-state index in [0.717, 1.165) is 6.07 Å². The SMILES string of the molecule is Cc1cc(F)c(F)c(C(C)C)c1N. The Bertz CT molecular complexity index is 306. The molecule has 0 saturated carbocycles. The first-order valence-electron chi connectivity index (χ1n) is 4.19. The van der Waals surface area contributed by atoms with Crippen LogP contribution in [0.4, 0.5) is 14.5 Å². The number of halogens is 2. The van der Waals surface area contributed by atoms with E-state index in [9.17, 15) is 8.78 Å². The van der Waals surface area contributed by atoms with Crippen LogP contribution >= 0.6 is 0 Å². The predicted molar refractivity (Wildman–Crippen MR) is 49.6 cm³/mol. The van der Waals surface area contributed by atoms with Crippen molar-refractivity contribution in [3.63, 3.8) is 0 Å². The fourth-order valence-electron chi connectivity index (χ4n) is 1.35. The van der Waals surface area contributed by atoms with Crippen LogP contribution in [0.5, 0.6) is 0 Å². The number of nitrogens with two attached hydrogens (primary N) is 1. The zero-order chi connectivity index (χ0) is 10.2. The Morgan fingerprint density at radius 1 is 1.31 bits per heavy atom. The Morgan fingerprint density at radius 3 is 2.31 bits per heavy atom. The molecule has 0 spiro atoms. The van der Waals surface area contributed by atoms with E-state index in [2.05, 4.69) is 0 Å². The third-order valence-electron chi connectivity index (χ3n) is 2.08. The van der Waals surface area contributed by atoms with E-state index in [1.165, 1.54) is 0 Å². The molecule has 0 atom stereocenters. The summed E-state index contributed by atoms with van der Waals surface area (Å²) in [4.78, 5) is 0. The van der Waals surface area contributed by atoms with E-state index < -0.39 is 11.6 Å². The second-order valence-electron chi connectivity index (χ2n) is 3.47. The summed E-state index contributed by atoms with van der Waals surface area (Å²) in [6.45, 7) is 5.24. The molecule has 1 rings (SSSR count). The van der Waals surface area contributed by atoms with Crippen molar-refractivity contribution >= 4 is 5.69 Å². The van der Waals surface area contributed by atoms with Crippen LogP contribution in [0.2, 0.25) is 0 Å². The number of rotatable bonds is 1. The van der Waals surface area contributed by atoms with Crippen molar-refractivity contribution in [2.45, 2.75) is 26.7 Å². The summed E-state index contributed by atoms with van der Waals surface area (Å²) < 4.78 is 26.2. The Morgan fingerprint density at radius 2 is 1.85 bits per heavy atom. The van der Waals surface area contributed by atoms with Gasteiger partial charge in [0.15, 0.2) is 11.6 Å². The van der Waals surface area contributed by atoms with Gasteiger partial charge in [0.25, 0.3) is 0 Å². The average molecular weight is 185 g/mol. The van der Waals surface area contributed by atoms with Gasteiger partial charge >= 0.3 is 0 Å². The smallest absolute Gasteiger partial charge is 0.164 e. The molecule has 3 heteroatoms. The molecule has 0 radical (unpaired) electrons. The molecule has 0 heterocycles. The lowest BCUT2D eigenvalue weighted by Crippen LogP contribution is -2.05. The van der Waals surface area contributed by atoms with Gasteiger partial charge in [-0.15, -0.1) is 0 Å². The standard InChI is InChI=1S/C10H13F2N/c1-5(2)8-9(12)7(11)4-6(3)10(8)13/h4-5H,13H2,1-3H3. The molecule has 1 aromatic rings. The van der Waals surface area contributed by atoms with Gasteiger partial charge in [-0.25, -0.2) is 8.78 Å². The van der Waals surface area contributed by atoms with Gasteiger partial charge < -0.3 is 5.73 Å². The van der Waals surface area contributed by atoms with E-state index >= 15 is 0 Å². The number of benzene rings is 1. The van der Waals surface area contributed by atoms with E-state index in [1.807, 2.05) is 0 Å². The molecule has 0 bridgehead atoms. The first-order chi connectivity index (χ1) is 5.95. The maximum atomic E-state index is 13.2. The van der Waals surface area contributed by atoms with Crippen molar-refractivity contribution in [1.29, 1.82) is 0 Å². The highest BCUT2D eigenvalue weighted by Gasteiger charge is 2.16. The molecule has 0 unspecified atom stereocenters. The third-order valence-corrected chi connectivity index (χ3v) is 2.08. The Hall–Kier alpha value is -1.12. The van der Waals surface area contributed by atoms with Gasteiger partial charge in [-0.3, -0.25) is 0 Å². The minimum atomic E-state index is -0.824. The number of anilines is 1. The molecule has 72 valence electrons. The van der Waals surface area contributed by atoms with Crippen LogP contribution in [-0.4, -0.2) is 0 Å². The van der Waals surface area contributed by atoms with Gasteiger partial charge in [-0.2, -0.15) is 0 Å². The van der Waals surface area contributed by atoms with E-state index in [0.29, 0.717) is 11.3 Å². The van der Waals surface area contributed by atoms with Crippen LogP contribution in [0, 0.1) is 18.6 Å². The molecule has 0 aliphatic carbocycles. The Balaban J connectivity index is 3.46. The van der Waals surface area contributed by atoms with Crippen molar-refractivity contribution in [3.05, 3.63) is 28.8 Å². The first kappa shape index (κ1) is 9.96. The minimum absolute atomic E-state index is 0.102. The van der Waals surface area contributed by atoms with E-state index in [-0.39, 0.29) is 11.5 Å². The molecule has 1 nitrogen and oxygen atoms in total. The van der Waals surface area contributed by atoms with Crippen LogP contribution in [0.1, 0.15) is 30.9 Å². The zero-order valence-corrected chi connectivity index (χ0v) is 7.99. The molecular formula is C10H13F2N. The summed E-state index contributed by atoms with van der Waals surface area (Å²) in [5.41, 5.74) is 6.86. The number of hydrogen-bond acceptors (Lipinski definition) is 1.